The molecule has 0 bridgehead atoms. The molecule has 0 amide bonds. The Hall–Kier alpha value is -1.81. The third-order valence-corrected chi connectivity index (χ3v) is 3.53. The van der Waals surface area contributed by atoms with Crippen LogP contribution in [0.3, 0.4) is 0 Å². The van der Waals surface area contributed by atoms with Gasteiger partial charge in [-0.2, -0.15) is 0 Å². The largest absolute Gasteiger partial charge is 0.372 e. The highest BCUT2D eigenvalue weighted by Crippen LogP contribution is 2.22. The van der Waals surface area contributed by atoms with E-state index in [-0.39, 0.29) is 17.6 Å². The average Bonchev–Trinajstić information content (AvgIpc) is 2.38. The fraction of sp³-hybridized carbons (Fsp3) is 0.400. The minimum atomic E-state index is 0.0601. The first-order valence-corrected chi connectivity index (χ1v) is 6.65. The summed E-state index contributed by atoms with van der Waals surface area (Å²) in [5.41, 5.74) is 2.03. The molecule has 4 nitrogen and oxygen atoms in total. The van der Waals surface area contributed by atoms with Gasteiger partial charge in [0.25, 0.3) is 0 Å². The molecule has 0 radical (unpaired) electrons. The molecule has 0 spiro atoms. The lowest BCUT2D eigenvalue weighted by atomic mass is 10.1. The highest BCUT2D eigenvalue weighted by molar-refractivity contribution is 5.82. The summed E-state index contributed by atoms with van der Waals surface area (Å²) in [6, 6.07) is 7.56. The first kappa shape index (κ1) is 12.2. The zero-order chi connectivity index (χ0) is 13.4. The molecule has 2 aromatic rings. The number of anilines is 1. The third kappa shape index (κ3) is 2.36. The van der Waals surface area contributed by atoms with E-state index in [0.29, 0.717) is 0 Å². The van der Waals surface area contributed by atoms with Crippen LogP contribution in [-0.4, -0.2) is 30.3 Å². The fourth-order valence-electron chi connectivity index (χ4n) is 2.74. The third-order valence-electron chi connectivity index (χ3n) is 3.53. The molecule has 4 heteroatoms. The van der Waals surface area contributed by atoms with Crippen LogP contribution in [0.5, 0.6) is 0 Å². The van der Waals surface area contributed by atoms with Crippen molar-refractivity contribution in [3.05, 3.63) is 40.7 Å². The quantitative estimate of drug-likeness (QED) is 0.852. The first-order chi connectivity index (χ1) is 9.13. The molecule has 0 aliphatic carbocycles. The van der Waals surface area contributed by atoms with E-state index >= 15 is 0 Å². The number of ether oxygens (including phenoxy) is 1. The van der Waals surface area contributed by atoms with E-state index in [1.54, 1.807) is 12.3 Å². The summed E-state index contributed by atoms with van der Waals surface area (Å²) < 4.78 is 5.74. The lowest BCUT2D eigenvalue weighted by Crippen LogP contribution is -2.45. The predicted molar refractivity (Wildman–Crippen MR) is 76.8 cm³/mol. The van der Waals surface area contributed by atoms with Crippen LogP contribution in [0.4, 0.5) is 5.69 Å². The number of rotatable bonds is 1. The van der Waals surface area contributed by atoms with Crippen LogP contribution in [0, 0.1) is 0 Å². The second-order valence-corrected chi connectivity index (χ2v) is 5.23. The molecule has 100 valence electrons. The lowest BCUT2D eigenvalue weighted by molar-refractivity contribution is -0.00520. The minimum absolute atomic E-state index is 0.0601. The van der Waals surface area contributed by atoms with Crippen LogP contribution in [0.1, 0.15) is 13.8 Å². The number of fused-ring (bicyclic) bond motifs is 1. The molecule has 1 aromatic carbocycles. The van der Waals surface area contributed by atoms with Crippen LogP contribution in [-0.2, 0) is 4.74 Å². The molecule has 2 unspecified atom stereocenters. The van der Waals surface area contributed by atoms with Crippen molar-refractivity contribution in [2.24, 2.45) is 0 Å². The number of H-pyrrole nitrogens is 1. The van der Waals surface area contributed by atoms with Gasteiger partial charge in [0.15, 0.2) is 5.43 Å². The van der Waals surface area contributed by atoms with Gasteiger partial charge in [-0.15, -0.1) is 0 Å². The van der Waals surface area contributed by atoms with Crippen LogP contribution in [0.2, 0.25) is 0 Å². The van der Waals surface area contributed by atoms with Gasteiger partial charge in [-0.3, -0.25) is 4.79 Å². The minimum Gasteiger partial charge on any atom is -0.372 e. The maximum atomic E-state index is 11.9. The van der Waals surface area contributed by atoms with Gasteiger partial charge in [0.2, 0.25) is 0 Å². The van der Waals surface area contributed by atoms with Crippen molar-refractivity contribution in [3.63, 3.8) is 0 Å². The number of aromatic amines is 1. The van der Waals surface area contributed by atoms with Gasteiger partial charge in [0.1, 0.15) is 0 Å². The summed E-state index contributed by atoms with van der Waals surface area (Å²) in [7, 11) is 0. The Bertz CT molecular complexity index is 640. The molecule has 1 saturated heterocycles. The van der Waals surface area contributed by atoms with Crippen molar-refractivity contribution in [2.45, 2.75) is 26.1 Å². The second kappa shape index (κ2) is 4.70. The second-order valence-electron chi connectivity index (χ2n) is 5.23. The van der Waals surface area contributed by atoms with Crippen molar-refractivity contribution >= 4 is 16.6 Å². The Labute approximate surface area is 112 Å². The maximum absolute atomic E-state index is 11.9. The van der Waals surface area contributed by atoms with Crippen LogP contribution < -0.4 is 10.3 Å². The van der Waals surface area contributed by atoms with E-state index in [9.17, 15) is 4.79 Å². The molecule has 2 heterocycles. The topological polar surface area (TPSA) is 45.3 Å². The molecule has 1 aliphatic heterocycles. The monoisotopic (exact) mass is 258 g/mol. The van der Waals surface area contributed by atoms with E-state index in [4.69, 9.17) is 4.74 Å². The summed E-state index contributed by atoms with van der Waals surface area (Å²) in [5, 5.41) is 0.742. The van der Waals surface area contributed by atoms with E-state index < -0.39 is 0 Å². The molecular formula is C15H18N2O2. The molecule has 3 rings (SSSR count). The lowest BCUT2D eigenvalue weighted by Gasteiger charge is -2.36. The summed E-state index contributed by atoms with van der Waals surface area (Å²) >= 11 is 0. The number of nitrogens with zero attached hydrogens (tertiary/aromatic N) is 1. The Morgan fingerprint density at radius 2 is 1.95 bits per heavy atom. The number of morpholine rings is 1. The average molecular weight is 258 g/mol. The summed E-state index contributed by atoms with van der Waals surface area (Å²) in [6.45, 7) is 5.88. The molecular weight excluding hydrogens is 240 g/mol. The first-order valence-electron chi connectivity index (χ1n) is 6.65. The maximum Gasteiger partial charge on any atom is 0.189 e. The molecule has 2 atom stereocenters. The molecule has 1 N–H and O–H groups in total. The number of benzene rings is 1. The Morgan fingerprint density at radius 1 is 1.21 bits per heavy atom. The standard InChI is InChI=1S/C15H18N2O2/c1-10-8-17(9-11(2)19-10)12-3-4-14-13(7-12)15(18)5-6-16-14/h3-7,10-11H,8-9H2,1-2H3,(H,16,18). The summed E-state index contributed by atoms with van der Waals surface area (Å²) in [6.07, 6.45) is 2.12. The number of hydrogen-bond acceptors (Lipinski definition) is 3. The summed E-state index contributed by atoms with van der Waals surface area (Å²) in [5.74, 6) is 0. The van der Waals surface area contributed by atoms with Crippen LogP contribution >= 0.6 is 0 Å². The van der Waals surface area contributed by atoms with Gasteiger partial charge in [-0.25, -0.2) is 0 Å². The summed E-state index contributed by atoms with van der Waals surface area (Å²) in [4.78, 5) is 17.3. The van der Waals surface area contributed by atoms with Gasteiger partial charge in [-0.05, 0) is 32.0 Å². The van der Waals surface area contributed by atoms with Gasteiger partial charge < -0.3 is 14.6 Å². The van der Waals surface area contributed by atoms with Gasteiger partial charge in [0.05, 0.1) is 12.2 Å². The number of hydrogen-bond donors (Lipinski definition) is 1. The highest BCUT2D eigenvalue weighted by Gasteiger charge is 2.22. The molecule has 1 aliphatic rings. The molecule has 19 heavy (non-hydrogen) atoms. The van der Waals surface area contributed by atoms with Crippen LogP contribution in [0.25, 0.3) is 10.9 Å². The highest BCUT2D eigenvalue weighted by atomic mass is 16.5. The van der Waals surface area contributed by atoms with E-state index in [1.807, 2.05) is 12.1 Å². The van der Waals surface area contributed by atoms with Crippen molar-refractivity contribution in [3.8, 4) is 0 Å². The van der Waals surface area contributed by atoms with Crippen molar-refractivity contribution in [2.75, 3.05) is 18.0 Å². The van der Waals surface area contributed by atoms with Crippen molar-refractivity contribution < 1.29 is 4.74 Å². The fourth-order valence-corrected chi connectivity index (χ4v) is 2.74. The van der Waals surface area contributed by atoms with Gasteiger partial charge in [-0.1, -0.05) is 0 Å². The van der Waals surface area contributed by atoms with E-state index in [2.05, 4.69) is 29.8 Å². The molecule has 0 saturated carbocycles. The number of aromatic nitrogens is 1. The molecule has 1 fully saturated rings. The Kier molecular flexibility index (Phi) is 3.03. The van der Waals surface area contributed by atoms with Gasteiger partial charge >= 0.3 is 0 Å². The zero-order valence-electron chi connectivity index (χ0n) is 11.2. The van der Waals surface area contributed by atoms with Gasteiger partial charge in [0, 0.05) is 41.9 Å². The smallest absolute Gasteiger partial charge is 0.189 e. The molecule has 1 aromatic heterocycles. The van der Waals surface area contributed by atoms with Crippen LogP contribution in [0.15, 0.2) is 35.3 Å². The normalized spacial score (nSPS) is 23.8. The zero-order valence-corrected chi connectivity index (χ0v) is 11.2. The SMILES string of the molecule is CC1CN(c2ccc3[nH]ccc(=O)c3c2)CC(C)O1. The number of nitrogens with one attached hydrogen (secondary N) is 1. The van der Waals surface area contributed by atoms with E-state index in [1.165, 1.54) is 0 Å². The Balaban J connectivity index is 2.01. The Morgan fingerprint density at radius 3 is 2.68 bits per heavy atom. The predicted octanol–water partition coefficient (Wildman–Crippen LogP) is 2.14. The van der Waals surface area contributed by atoms with Crippen molar-refractivity contribution in [1.82, 2.24) is 4.98 Å². The number of pyridine rings is 1. The van der Waals surface area contributed by atoms with E-state index in [0.717, 1.165) is 29.7 Å². The van der Waals surface area contributed by atoms with Crippen molar-refractivity contribution in [1.29, 1.82) is 0 Å².